The molecule has 0 bridgehead atoms. The van der Waals surface area contributed by atoms with Gasteiger partial charge in [0.25, 0.3) is 0 Å². The lowest BCUT2D eigenvalue weighted by molar-refractivity contribution is 0.324. The third kappa shape index (κ3) is 3.48. The number of nitrogens with zero attached hydrogens (tertiary/aromatic N) is 5. The lowest BCUT2D eigenvalue weighted by atomic mass is 10.2. The van der Waals surface area contributed by atoms with Crippen molar-refractivity contribution in [3.05, 3.63) is 42.9 Å². The Morgan fingerprint density at radius 1 is 0.968 bits per heavy atom. The molecule has 0 aliphatic heterocycles. The highest BCUT2D eigenvalue weighted by Crippen LogP contribution is 2.42. The summed E-state index contributed by atoms with van der Waals surface area (Å²) in [6.07, 6.45) is 7.52. The van der Waals surface area contributed by atoms with E-state index in [1.807, 2.05) is 24.3 Å². The molecule has 4 aromatic rings. The maximum atomic E-state index is 5.43. The van der Waals surface area contributed by atoms with Crippen LogP contribution in [0.2, 0.25) is 0 Å². The Kier molecular flexibility index (Phi) is 4.78. The molecule has 3 aromatic heterocycles. The van der Waals surface area contributed by atoms with Crippen molar-refractivity contribution < 1.29 is 14.2 Å². The minimum absolute atomic E-state index is 0.400. The quantitative estimate of drug-likeness (QED) is 0.481. The molecule has 1 saturated carbocycles. The molecule has 9 heteroatoms. The van der Waals surface area contributed by atoms with Crippen LogP contribution in [0.1, 0.15) is 18.9 Å². The standard InChI is InChI=1S/C22H22N6O3/c1-29-17-10-14(11-18(30-2)19(17)31-3)25-22-24-12-16-21(27-22)28(15-4-5-15)20(26-16)13-6-8-23-9-7-13/h6-12,15H,4-5H2,1-3H3,(H,24,25,27). The first-order valence-corrected chi connectivity index (χ1v) is 9.94. The molecule has 1 aromatic carbocycles. The average molecular weight is 418 g/mol. The van der Waals surface area contributed by atoms with Gasteiger partial charge >= 0.3 is 0 Å². The number of anilines is 2. The number of hydrogen-bond acceptors (Lipinski definition) is 8. The Morgan fingerprint density at radius 3 is 2.29 bits per heavy atom. The van der Waals surface area contributed by atoms with Crippen molar-refractivity contribution >= 4 is 22.8 Å². The fourth-order valence-electron chi connectivity index (χ4n) is 3.62. The van der Waals surface area contributed by atoms with E-state index < -0.39 is 0 Å². The highest BCUT2D eigenvalue weighted by molar-refractivity contribution is 5.78. The van der Waals surface area contributed by atoms with Gasteiger partial charge in [-0.1, -0.05) is 0 Å². The van der Waals surface area contributed by atoms with Crippen LogP contribution in [0, 0.1) is 0 Å². The van der Waals surface area contributed by atoms with Crippen LogP contribution in [0.4, 0.5) is 11.6 Å². The van der Waals surface area contributed by atoms with Gasteiger partial charge in [0.2, 0.25) is 11.7 Å². The van der Waals surface area contributed by atoms with Gasteiger partial charge in [-0.05, 0) is 25.0 Å². The van der Waals surface area contributed by atoms with Gasteiger partial charge < -0.3 is 24.1 Å². The van der Waals surface area contributed by atoms with Gasteiger partial charge in [-0.3, -0.25) is 4.98 Å². The van der Waals surface area contributed by atoms with Gasteiger partial charge in [0.15, 0.2) is 17.1 Å². The summed E-state index contributed by atoms with van der Waals surface area (Å²) in [4.78, 5) is 18.1. The summed E-state index contributed by atoms with van der Waals surface area (Å²) in [5.74, 6) is 2.98. The lowest BCUT2D eigenvalue weighted by Crippen LogP contribution is -2.02. The summed E-state index contributed by atoms with van der Waals surface area (Å²) >= 11 is 0. The van der Waals surface area contributed by atoms with Gasteiger partial charge in [0.1, 0.15) is 11.3 Å². The van der Waals surface area contributed by atoms with Crippen LogP contribution in [0.3, 0.4) is 0 Å². The molecule has 0 atom stereocenters. The maximum Gasteiger partial charge on any atom is 0.229 e. The van der Waals surface area contributed by atoms with Crippen LogP contribution in [-0.2, 0) is 0 Å². The first kappa shape index (κ1) is 19.1. The molecule has 1 aliphatic rings. The fourth-order valence-corrected chi connectivity index (χ4v) is 3.62. The monoisotopic (exact) mass is 418 g/mol. The molecule has 0 amide bonds. The molecule has 5 rings (SSSR count). The van der Waals surface area contributed by atoms with E-state index in [1.54, 1.807) is 39.9 Å². The highest BCUT2D eigenvalue weighted by atomic mass is 16.5. The number of pyridine rings is 1. The van der Waals surface area contributed by atoms with Crippen LogP contribution in [0.5, 0.6) is 17.2 Å². The van der Waals surface area contributed by atoms with E-state index in [1.165, 1.54) is 0 Å². The molecule has 0 spiro atoms. The summed E-state index contributed by atoms with van der Waals surface area (Å²) in [5, 5.41) is 3.24. The van der Waals surface area contributed by atoms with E-state index in [9.17, 15) is 0 Å². The zero-order chi connectivity index (χ0) is 21.4. The SMILES string of the molecule is COc1cc(Nc2ncc3nc(-c4ccncc4)n(C4CC4)c3n2)cc(OC)c1OC. The number of imidazole rings is 1. The molecule has 0 radical (unpaired) electrons. The Morgan fingerprint density at radius 2 is 1.68 bits per heavy atom. The van der Waals surface area contributed by atoms with E-state index in [4.69, 9.17) is 24.2 Å². The third-order valence-corrected chi connectivity index (χ3v) is 5.20. The number of fused-ring (bicyclic) bond motifs is 1. The van der Waals surface area contributed by atoms with E-state index in [-0.39, 0.29) is 0 Å². The smallest absolute Gasteiger partial charge is 0.229 e. The van der Waals surface area contributed by atoms with E-state index in [0.717, 1.165) is 41.1 Å². The number of methoxy groups -OCH3 is 3. The second kappa shape index (κ2) is 7.75. The topological polar surface area (TPSA) is 96.2 Å². The molecule has 31 heavy (non-hydrogen) atoms. The molecule has 1 fully saturated rings. The van der Waals surface area contributed by atoms with Crippen LogP contribution < -0.4 is 19.5 Å². The van der Waals surface area contributed by atoms with E-state index >= 15 is 0 Å². The van der Waals surface area contributed by atoms with Crippen LogP contribution in [0.25, 0.3) is 22.6 Å². The molecule has 1 N–H and O–H groups in total. The number of benzene rings is 1. The second-order valence-corrected chi connectivity index (χ2v) is 7.21. The second-order valence-electron chi connectivity index (χ2n) is 7.21. The van der Waals surface area contributed by atoms with Crippen LogP contribution in [0.15, 0.2) is 42.9 Å². The van der Waals surface area contributed by atoms with Crippen molar-refractivity contribution in [2.24, 2.45) is 0 Å². The third-order valence-electron chi connectivity index (χ3n) is 5.20. The first-order chi connectivity index (χ1) is 15.2. The Hall–Kier alpha value is -3.88. The summed E-state index contributed by atoms with van der Waals surface area (Å²) < 4.78 is 18.5. The maximum absolute atomic E-state index is 5.43. The van der Waals surface area contributed by atoms with Crippen LogP contribution >= 0.6 is 0 Å². The Labute approximate surface area is 179 Å². The molecule has 0 saturated heterocycles. The lowest BCUT2D eigenvalue weighted by Gasteiger charge is -2.14. The fraction of sp³-hybridized carbons (Fsp3) is 0.273. The summed E-state index contributed by atoms with van der Waals surface area (Å²) in [6, 6.07) is 7.95. The summed E-state index contributed by atoms with van der Waals surface area (Å²) in [5.41, 5.74) is 3.30. The molecule has 0 unspecified atom stereocenters. The van der Waals surface area contributed by atoms with Crippen LogP contribution in [-0.4, -0.2) is 45.8 Å². The average Bonchev–Trinajstić information content (AvgIpc) is 3.58. The minimum atomic E-state index is 0.400. The number of hydrogen-bond donors (Lipinski definition) is 1. The predicted molar refractivity (Wildman–Crippen MR) is 116 cm³/mol. The van der Waals surface area contributed by atoms with Gasteiger partial charge in [-0.15, -0.1) is 0 Å². The molecule has 9 nitrogen and oxygen atoms in total. The molecular formula is C22H22N6O3. The van der Waals surface area contributed by atoms with Crippen molar-refractivity contribution in [3.63, 3.8) is 0 Å². The van der Waals surface area contributed by atoms with Gasteiger partial charge in [-0.25, -0.2) is 9.97 Å². The summed E-state index contributed by atoms with van der Waals surface area (Å²) in [6.45, 7) is 0. The number of aromatic nitrogens is 5. The largest absolute Gasteiger partial charge is 0.493 e. The molecule has 1 aliphatic carbocycles. The number of rotatable bonds is 7. The zero-order valence-corrected chi connectivity index (χ0v) is 17.5. The number of nitrogens with one attached hydrogen (secondary N) is 1. The Bertz CT molecular complexity index is 1210. The van der Waals surface area contributed by atoms with E-state index in [0.29, 0.717) is 29.2 Å². The summed E-state index contributed by atoms with van der Waals surface area (Å²) in [7, 11) is 4.74. The van der Waals surface area contributed by atoms with Crippen molar-refractivity contribution in [3.8, 4) is 28.6 Å². The van der Waals surface area contributed by atoms with Gasteiger partial charge in [0.05, 0.1) is 27.5 Å². The van der Waals surface area contributed by atoms with E-state index in [2.05, 4.69) is 19.9 Å². The number of ether oxygens (including phenoxy) is 3. The van der Waals surface area contributed by atoms with Crippen molar-refractivity contribution in [2.45, 2.75) is 18.9 Å². The molecule has 3 heterocycles. The normalized spacial score (nSPS) is 13.3. The molecular weight excluding hydrogens is 396 g/mol. The van der Waals surface area contributed by atoms with Crippen molar-refractivity contribution in [1.29, 1.82) is 0 Å². The van der Waals surface area contributed by atoms with Crippen molar-refractivity contribution in [2.75, 3.05) is 26.6 Å². The van der Waals surface area contributed by atoms with Crippen molar-refractivity contribution in [1.82, 2.24) is 24.5 Å². The highest BCUT2D eigenvalue weighted by Gasteiger charge is 2.29. The van der Waals surface area contributed by atoms with Gasteiger partial charge in [0, 0.05) is 41.8 Å². The van der Waals surface area contributed by atoms with Gasteiger partial charge in [-0.2, -0.15) is 4.98 Å². The predicted octanol–water partition coefficient (Wildman–Crippen LogP) is 3.99. The Balaban J connectivity index is 1.56. The zero-order valence-electron chi connectivity index (χ0n) is 17.5. The first-order valence-electron chi connectivity index (χ1n) is 9.94. The molecule has 158 valence electrons. The minimum Gasteiger partial charge on any atom is -0.493 e.